The maximum absolute atomic E-state index is 12.6. The van der Waals surface area contributed by atoms with Crippen molar-refractivity contribution in [3.05, 3.63) is 71.3 Å². The van der Waals surface area contributed by atoms with Crippen LogP contribution in [0.5, 0.6) is 0 Å². The van der Waals surface area contributed by atoms with Gasteiger partial charge in [0.05, 0.1) is 17.4 Å². The molecule has 0 bridgehead atoms. The molecule has 2 amide bonds. The van der Waals surface area contributed by atoms with Gasteiger partial charge in [0.15, 0.2) is 6.61 Å². The lowest BCUT2D eigenvalue weighted by molar-refractivity contribution is -0.146. The number of allylic oxidation sites excluding steroid dienone is 2. The Kier molecular flexibility index (Phi) is 8.19. The van der Waals surface area contributed by atoms with Gasteiger partial charge in [-0.3, -0.25) is 14.4 Å². The minimum absolute atomic E-state index is 0.222. The smallest absolute Gasteiger partial charge is 0.338 e. The zero-order chi connectivity index (χ0) is 24.7. The summed E-state index contributed by atoms with van der Waals surface area (Å²) in [7, 11) is 0. The summed E-state index contributed by atoms with van der Waals surface area (Å²) in [5.74, 6) is -3.91. The van der Waals surface area contributed by atoms with Crippen molar-refractivity contribution in [1.29, 1.82) is 0 Å². The molecule has 0 radical (unpaired) electrons. The number of aliphatic carboxylic acids is 1. The first-order valence-electron chi connectivity index (χ1n) is 11.1. The molecular formula is C26H28N2O6. The molecule has 178 valence electrons. The molecule has 3 rings (SSSR count). The first-order valence-corrected chi connectivity index (χ1v) is 11.1. The Hall–Kier alpha value is -3.94. The zero-order valence-corrected chi connectivity index (χ0v) is 19.2. The van der Waals surface area contributed by atoms with E-state index >= 15 is 0 Å². The number of aryl methyl sites for hydroxylation is 2. The number of carboxylic acids is 1. The number of hydrogen-bond donors (Lipinski definition) is 3. The normalized spacial score (nSPS) is 17.0. The Labute approximate surface area is 198 Å². The standard InChI is InChI=1S/C26H28N2O6/c1-3-17-8-6-7-16(2)23(17)28-22(29)15-34-26(33)18-11-13-19(14-12-18)27-24(30)20-9-4-5-10-21(20)25(31)32/h4-8,11-14,20-21H,3,9-10,15H2,1-2H3,(H,27,30)(H,28,29)(H,31,32). The summed E-state index contributed by atoms with van der Waals surface area (Å²) >= 11 is 0. The number of nitrogens with one attached hydrogen (secondary N) is 2. The molecule has 34 heavy (non-hydrogen) atoms. The number of anilines is 2. The van der Waals surface area contributed by atoms with Crippen molar-refractivity contribution in [1.82, 2.24) is 0 Å². The number of para-hydroxylation sites is 1. The van der Waals surface area contributed by atoms with Crippen LogP contribution < -0.4 is 10.6 Å². The summed E-state index contributed by atoms with van der Waals surface area (Å²) in [6.07, 6.45) is 5.01. The fourth-order valence-electron chi connectivity index (χ4n) is 3.89. The molecule has 8 nitrogen and oxygen atoms in total. The van der Waals surface area contributed by atoms with E-state index in [1.165, 1.54) is 24.3 Å². The van der Waals surface area contributed by atoms with Crippen LogP contribution in [-0.2, 0) is 25.5 Å². The van der Waals surface area contributed by atoms with Crippen molar-refractivity contribution in [3.63, 3.8) is 0 Å². The van der Waals surface area contributed by atoms with E-state index in [-0.39, 0.29) is 11.5 Å². The Morgan fingerprint density at radius 2 is 1.65 bits per heavy atom. The Balaban J connectivity index is 1.54. The third-order valence-corrected chi connectivity index (χ3v) is 5.81. The number of rotatable bonds is 8. The van der Waals surface area contributed by atoms with E-state index in [9.17, 15) is 24.3 Å². The summed E-state index contributed by atoms with van der Waals surface area (Å²) in [6.45, 7) is 3.46. The fraction of sp³-hybridized carbons (Fsp3) is 0.308. The van der Waals surface area contributed by atoms with E-state index in [0.29, 0.717) is 18.5 Å². The maximum Gasteiger partial charge on any atom is 0.338 e. The van der Waals surface area contributed by atoms with Gasteiger partial charge < -0.3 is 20.5 Å². The second-order valence-corrected chi connectivity index (χ2v) is 8.15. The number of esters is 1. The minimum Gasteiger partial charge on any atom is -0.481 e. The van der Waals surface area contributed by atoms with Gasteiger partial charge in [0, 0.05) is 11.4 Å². The van der Waals surface area contributed by atoms with Gasteiger partial charge in [-0.15, -0.1) is 0 Å². The summed E-state index contributed by atoms with van der Waals surface area (Å²) in [4.78, 5) is 48.6. The molecular weight excluding hydrogens is 436 g/mol. The molecule has 0 heterocycles. The molecule has 8 heteroatoms. The molecule has 0 aliphatic heterocycles. The molecule has 1 aliphatic carbocycles. The molecule has 2 aromatic rings. The van der Waals surface area contributed by atoms with Crippen LogP contribution in [0.1, 0.15) is 41.3 Å². The zero-order valence-electron chi connectivity index (χ0n) is 19.2. The van der Waals surface area contributed by atoms with E-state index in [1.54, 1.807) is 12.2 Å². The van der Waals surface area contributed by atoms with Gasteiger partial charge in [0.25, 0.3) is 5.91 Å². The van der Waals surface area contributed by atoms with Gasteiger partial charge in [-0.05, 0) is 61.6 Å². The number of hydrogen-bond acceptors (Lipinski definition) is 5. The van der Waals surface area contributed by atoms with Crippen LogP contribution in [-0.4, -0.2) is 35.5 Å². The molecule has 0 fully saturated rings. The van der Waals surface area contributed by atoms with Gasteiger partial charge in [0.2, 0.25) is 5.91 Å². The highest BCUT2D eigenvalue weighted by Crippen LogP contribution is 2.27. The summed E-state index contributed by atoms with van der Waals surface area (Å²) in [6, 6.07) is 11.8. The Bertz CT molecular complexity index is 1110. The van der Waals surface area contributed by atoms with Crippen molar-refractivity contribution in [2.75, 3.05) is 17.2 Å². The van der Waals surface area contributed by atoms with E-state index in [4.69, 9.17) is 4.74 Å². The van der Waals surface area contributed by atoms with Gasteiger partial charge in [-0.1, -0.05) is 37.3 Å². The number of carboxylic acid groups (broad SMARTS) is 1. The lowest BCUT2D eigenvalue weighted by Crippen LogP contribution is -2.34. The molecule has 0 saturated heterocycles. The average molecular weight is 465 g/mol. The molecule has 3 N–H and O–H groups in total. The van der Waals surface area contributed by atoms with E-state index in [1.807, 2.05) is 32.0 Å². The predicted octanol–water partition coefficient (Wildman–Crippen LogP) is 3.96. The van der Waals surface area contributed by atoms with Crippen LogP contribution in [0.2, 0.25) is 0 Å². The number of benzene rings is 2. The molecule has 1 aliphatic rings. The summed E-state index contributed by atoms with van der Waals surface area (Å²) in [5.41, 5.74) is 3.31. The highest BCUT2D eigenvalue weighted by molar-refractivity contribution is 5.98. The van der Waals surface area contributed by atoms with Gasteiger partial charge in [-0.2, -0.15) is 0 Å². The largest absolute Gasteiger partial charge is 0.481 e. The number of ether oxygens (including phenoxy) is 1. The van der Waals surface area contributed by atoms with Gasteiger partial charge in [0.1, 0.15) is 0 Å². The number of carbonyl (C=O) groups excluding carboxylic acids is 3. The SMILES string of the molecule is CCc1cccc(C)c1NC(=O)COC(=O)c1ccc(NC(=O)C2CC=CCC2C(=O)O)cc1. The topological polar surface area (TPSA) is 122 Å². The lowest BCUT2D eigenvalue weighted by atomic mass is 9.82. The third-order valence-electron chi connectivity index (χ3n) is 5.81. The second kappa shape index (κ2) is 11.3. The van der Waals surface area contributed by atoms with Crippen LogP contribution in [0.15, 0.2) is 54.6 Å². The number of amides is 2. The van der Waals surface area contributed by atoms with Crippen LogP contribution in [0.25, 0.3) is 0 Å². The summed E-state index contributed by atoms with van der Waals surface area (Å²) in [5, 5.41) is 14.8. The summed E-state index contributed by atoms with van der Waals surface area (Å²) < 4.78 is 5.12. The maximum atomic E-state index is 12.6. The van der Waals surface area contributed by atoms with E-state index in [0.717, 1.165) is 23.2 Å². The number of carbonyl (C=O) groups is 4. The van der Waals surface area contributed by atoms with E-state index < -0.39 is 36.3 Å². The third kappa shape index (κ3) is 6.10. The quantitative estimate of drug-likeness (QED) is 0.402. The van der Waals surface area contributed by atoms with Gasteiger partial charge >= 0.3 is 11.9 Å². The van der Waals surface area contributed by atoms with Crippen molar-refractivity contribution < 1.29 is 29.0 Å². The van der Waals surface area contributed by atoms with Gasteiger partial charge in [-0.25, -0.2) is 4.79 Å². The highest BCUT2D eigenvalue weighted by atomic mass is 16.5. The molecule has 0 spiro atoms. The second-order valence-electron chi connectivity index (χ2n) is 8.15. The molecule has 2 atom stereocenters. The van der Waals surface area contributed by atoms with Crippen LogP contribution in [0.4, 0.5) is 11.4 Å². The fourth-order valence-corrected chi connectivity index (χ4v) is 3.89. The lowest BCUT2D eigenvalue weighted by Gasteiger charge is -2.24. The van der Waals surface area contributed by atoms with Crippen LogP contribution >= 0.6 is 0 Å². The molecule has 2 unspecified atom stereocenters. The molecule has 2 aromatic carbocycles. The molecule has 0 aromatic heterocycles. The van der Waals surface area contributed by atoms with Crippen molar-refractivity contribution in [2.45, 2.75) is 33.1 Å². The highest BCUT2D eigenvalue weighted by Gasteiger charge is 2.33. The first kappa shape index (κ1) is 24.7. The van der Waals surface area contributed by atoms with Crippen molar-refractivity contribution in [2.24, 2.45) is 11.8 Å². The predicted molar refractivity (Wildman–Crippen MR) is 128 cm³/mol. The monoisotopic (exact) mass is 464 g/mol. The first-order chi connectivity index (χ1) is 16.3. The average Bonchev–Trinajstić information content (AvgIpc) is 2.84. The van der Waals surface area contributed by atoms with Crippen LogP contribution in [0.3, 0.4) is 0 Å². The minimum atomic E-state index is -1.00. The van der Waals surface area contributed by atoms with Crippen molar-refractivity contribution >= 4 is 35.1 Å². The molecule has 0 saturated carbocycles. The van der Waals surface area contributed by atoms with Crippen molar-refractivity contribution in [3.8, 4) is 0 Å². The Morgan fingerprint density at radius 1 is 0.971 bits per heavy atom. The van der Waals surface area contributed by atoms with Crippen LogP contribution in [0, 0.1) is 18.8 Å². The Morgan fingerprint density at radius 3 is 2.29 bits per heavy atom. The van der Waals surface area contributed by atoms with E-state index in [2.05, 4.69) is 10.6 Å².